The lowest BCUT2D eigenvalue weighted by molar-refractivity contribution is 0.111. The Morgan fingerprint density at radius 2 is 1.88 bits per heavy atom. The van der Waals surface area contributed by atoms with Gasteiger partial charge in [-0.25, -0.2) is 8.78 Å². The maximum absolute atomic E-state index is 12.1. The highest BCUT2D eigenvalue weighted by Gasteiger charge is 2.69. The van der Waals surface area contributed by atoms with Gasteiger partial charge in [-0.15, -0.1) is 0 Å². The van der Waals surface area contributed by atoms with Gasteiger partial charge in [0.25, 0.3) is 5.92 Å². The van der Waals surface area contributed by atoms with E-state index in [4.69, 9.17) is 0 Å². The zero-order chi connectivity index (χ0) is 6.41. The summed E-state index contributed by atoms with van der Waals surface area (Å²) in [6.45, 7) is 0. The van der Waals surface area contributed by atoms with Crippen LogP contribution in [0, 0.1) is 0 Å². The lowest BCUT2D eigenvalue weighted by atomic mass is 10.5. The molecule has 4 heteroatoms. The van der Waals surface area contributed by atoms with E-state index >= 15 is 0 Å². The molecule has 1 fully saturated rings. The second-order valence-electron chi connectivity index (χ2n) is 1.98. The predicted molar refractivity (Wildman–Crippen MR) is 35.0 cm³/mol. The zero-order valence-electron chi connectivity index (χ0n) is 3.93. The first-order valence-corrected chi connectivity index (χ1v) is 4.06. The Bertz CT molecular complexity index is 115. The van der Waals surface area contributed by atoms with Crippen LogP contribution in [0.5, 0.6) is 0 Å². The van der Waals surface area contributed by atoms with E-state index in [0.717, 1.165) is 0 Å². The molecule has 8 heavy (non-hydrogen) atoms. The third-order valence-electron chi connectivity index (χ3n) is 1.24. The summed E-state index contributed by atoms with van der Waals surface area (Å²) in [5.74, 6) is -2.48. The van der Waals surface area contributed by atoms with Crippen molar-refractivity contribution in [2.75, 3.05) is 5.33 Å². The van der Waals surface area contributed by atoms with Crippen molar-refractivity contribution in [3.63, 3.8) is 0 Å². The summed E-state index contributed by atoms with van der Waals surface area (Å²) in [7, 11) is 0. The summed E-state index contributed by atoms with van der Waals surface area (Å²) in [6, 6.07) is 0. The van der Waals surface area contributed by atoms with Gasteiger partial charge < -0.3 is 0 Å². The molecule has 0 aromatic heterocycles. The largest absolute Gasteiger partial charge is 0.265 e. The van der Waals surface area contributed by atoms with Crippen molar-refractivity contribution in [3.05, 3.63) is 0 Å². The topological polar surface area (TPSA) is 0 Å². The quantitative estimate of drug-likeness (QED) is 0.627. The van der Waals surface area contributed by atoms with E-state index < -0.39 is 10.2 Å². The summed E-state index contributed by atoms with van der Waals surface area (Å²) in [6.07, 6.45) is -0.0365. The van der Waals surface area contributed by atoms with Gasteiger partial charge in [0.15, 0.2) is 0 Å². The summed E-state index contributed by atoms with van der Waals surface area (Å²) >= 11 is 5.89. The van der Waals surface area contributed by atoms with Crippen LogP contribution in [0.2, 0.25) is 0 Å². The number of hydrogen-bond acceptors (Lipinski definition) is 0. The lowest BCUT2D eigenvalue weighted by Crippen LogP contribution is -2.10. The van der Waals surface area contributed by atoms with Crippen molar-refractivity contribution in [1.29, 1.82) is 0 Å². The Balaban J connectivity index is 2.55. The molecule has 48 valence electrons. The fraction of sp³-hybridized carbons (Fsp3) is 1.00. The maximum atomic E-state index is 12.1. The molecule has 1 rings (SSSR count). The van der Waals surface area contributed by atoms with Crippen LogP contribution in [0.1, 0.15) is 6.42 Å². The predicted octanol–water partition coefficient (Wildman–Crippen LogP) is 2.55. The van der Waals surface area contributed by atoms with E-state index in [2.05, 4.69) is 31.9 Å². The fourth-order valence-corrected chi connectivity index (χ4v) is 1.41. The molecule has 1 saturated carbocycles. The minimum Gasteiger partial charge on any atom is -0.205 e. The number of alkyl halides is 4. The monoisotopic (exact) mass is 248 g/mol. The first kappa shape index (κ1) is 6.93. The van der Waals surface area contributed by atoms with Crippen molar-refractivity contribution >= 4 is 31.9 Å². The van der Waals surface area contributed by atoms with Gasteiger partial charge in [-0.2, -0.15) is 0 Å². The molecule has 1 unspecified atom stereocenters. The summed E-state index contributed by atoms with van der Waals surface area (Å²) < 4.78 is 23.3. The summed E-state index contributed by atoms with van der Waals surface area (Å²) in [4.78, 5) is 0. The molecular weight excluding hydrogens is 246 g/mol. The Hall–Kier alpha value is 0.820. The van der Waals surface area contributed by atoms with Gasteiger partial charge in [0.1, 0.15) is 4.32 Å². The second-order valence-corrected chi connectivity index (χ2v) is 4.06. The molecule has 1 atom stereocenters. The van der Waals surface area contributed by atoms with Gasteiger partial charge in [0, 0.05) is 11.8 Å². The maximum Gasteiger partial charge on any atom is 0.265 e. The number of hydrogen-bond donors (Lipinski definition) is 0. The van der Waals surface area contributed by atoms with Crippen molar-refractivity contribution in [3.8, 4) is 0 Å². The van der Waals surface area contributed by atoms with Crippen LogP contribution in [0.15, 0.2) is 0 Å². The Morgan fingerprint density at radius 3 is 1.88 bits per heavy atom. The highest BCUT2D eigenvalue weighted by atomic mass is 79.9. The Morgan fingerprint density at radius 1 is 1.50 bits per heavy atom. The molecule has 1 aliphatic rings. The Labute approximate surface area is 62.9 Å². The third kappa shape index (κ3) is 0.817. The van der Waals surface area contributed by atoms with Gasteiger partial charge in [-0.3, -0.25) is 0 Å². The van der Waals surface area contributed by atoms with Crippen LogP contribution in [0.4, 0.5) is 8.78 Å². The average molecular weight is 250 g/mol. The minimum atomic E-state index is -2.48. The van der Waals surface area contributed by atoms with Crippen LogP contribution < -0.4 is 0 Å². The van der Waals surface area contributed by atoms with Crippen LogP contribution in [-0.4, -0.2) is 15.6 Å². The molecule has 0 aliphatic heterocycles. The molecule has 0 nitrogen and oxygen atoms in total. The molecule has 0 spiro atoms. The van der Waals surface area contributed by atoms with Crippen molar-refractivity contribution in [2.45, 2.75) is 16.7 Å². The molecule has 0 heterocycles. The molecule has 1 aliphatic carbocycles. The van der Waals surface area contributed by atoms with Gasteiger partial charge in [-0.05, 0) is 0 Å². The highest BCUT2D eigenvalue weighted by Crippen LogP contribution is 2.59. The molecule has 0 saturated heterocycles. The molecule has 0 amide bonds. The zero-order valence-corrected chi connectivity index (χ0v) is 7.10. The van der Waals surface area contributed by atoms with Gasteiger partial charge in [0.05, 0.1) is 0 Å². The van der Waals surface area contributed by atoms with Crippen LogP contribution >= 0.6 is 31.9 Å². The smallest absolute Gasteiger partial charge is 0.205 e. The molecular formula is C4H4Br2F2. The van der Waals surface area contributed by atoms with Crippen LogP contribution in [-0.2, 0) is 0 Å². The molecule has 0 aromatic rings. The Kier molecular flexibility index (Phi) is 1.44. The van der Waals surface area contributed by atoms with Gasteiger partial charge in [0.2, 0.25) is 0 Å². The van der Waals surface area contributed by atoms with Crippen LogP contribution in [0.25, 0.3) is 0 Å². The normalized spacial score (nSPS) is 42.0. The van der Waals surface area contributed by atoms with Crippen molar-refractivity contribution in [2.24, 2.45) is 0 Å². The molecule has 0 N–H and O–H groups in total. The SMILES string of the molecule is FC1(F)CC1(Br)CBr. The van der Waals surface area contributed by atoms with E-state index in [1.165, 1.54) is 0 Å². The number of rotatable bonds is 1. The first-order chi connectivity index (χ1) is 3.52. The third-order valence-corrected chi connectivity index (χ3v) is 4.10. The number of halogens is 4. The molecule has 0 bridgehead atoms. The van der Waals surface area contributed by atoms with E-state index in [1.807, 2.05) is 0 Å². The van der Waals surface area contributed by atoms with E-state index in [9.17, 15) is 8.78 Å². The summed E-state index contributed by atoms with van der Waals surface area (Å²) in [5, 5.41) is 0.326. The van der Waals surface area contributed by atoms with E-state index in [0.29, 0.717) is 5.33 Å². The summed E-state index contributed by atoms with van der Waals surface area (Å²) in [5.41, 5.74) is 0. The standard InChI is InChI=1S/C4H4Br2F2/c5-2-3(6)1-4(3,7)8/h1-2H2. The van der Waals surface area contributed by atoms with E-state index in [-0.39, 0.29) is 6.42 Å². The second kappa shape index (κ2) is 1.66. The highest BCUT2D eigenvalue weighted by molar-refractivity contribution is 9.12. The van der Waals surface area contributed by atoms with E-state index in [1.54, 1.807) is 0 Å². The molecule has 0 aromatic carbocycles. The van der Waals surface area contributed by atoms with Crippen LogP contribution in [0.3, 0.4) is 0 Å². The first-order valence-electron chi connectivity index (χ1n) is 2.14. The fourth-order valence-electron chi connectivity index (χ4n) is 0.453. The minimum absolute atomic E-state index is 0.0365. The average Bonchev–Trinajstić information content (AvgIpc) is 2.10. The van der Waals surface area contributed by atoms with Gasteiger partial charge in [-0.1, -0.05) is 31.9 Å². The lowest BCUT2D eigenvalue weighted by Gasteiger charge is -1.99. The molecule has 0 radical (unpaired) electrons. The van der Waals surface area contributed by atoms with Crippen molar-refractivity contribution in [1.82, 2.24) is 0 Å². The van der Waals surface area contributed by atoms with Gasteiger partial charge >= 0.3 is 0 Å². The van der Waals surface area contributed by atoms with Crippen molar-refractivity contribution < 1.29 is 8.78 Å².